The fourth-order valence-electron chi connectivity index (χ4n) is 1.39. The van der Waals surface area contributed by atoms with Gasteiger partial charge in [0.05, 0.1) is 0 Å². The van der Waals surface area contributed by atoms with E-state index in [1.165, 1.54) is 6.21 Å². The van der Waals surface area contributed by atoms with E-state index >= 15 is 0 Å². The van der Waals surface area contributed by atoms with Gasteiger partial charge in [-0.05, 0) is 46.7 Å². The molecule has 0 aliphatic rings. The predicted octanol–water partition coefficient (Wildman–Crippen LogP) is 4.11. The van der Waals surface area contributed by atoms with Gasteiger partial charge in [-0.1, -0.05) is 18.8 Å². The normalized spacial score (nSPS) is 9.94. The van der Waals surface area contributed by atoms with Crippen molar-refractivity contribution in [3.8, 4) is 11.8 Å². The number of benzene rings is 1. The second-order valence-electron chi connectivity index (χ2n) is 3.22. The lowest BCUT2D eigenvalue weighted by atomic mass is 10.0. The summed E-state index contributed by atoms with van der Waals surface area (Å²) in [5.41, 5.74) is 4.05. The molecule has 0 radical (unpaired) electrons. The minimum atomic E-state index is 0.609. The molecule has 0 bridgehead atoms. The van der Waals surface area contributed by atoms with Crippen molar-refractivity contribution in [3.05, 3.63) is 28.8 Å². The molecule has 84 valence electrons. The average molecular weight is 344 g/mol. The van der Waals surface area contributed by atoms with Crippen LogP contribution >= 0.6 is 28.4 Å². The molecule has 1 aromatic rings. The molecule has 0 aliphatic carbocycles. The van der Waals surface area contributed by atoms with E-state index in [0.29, 0.717) is 6.37 Å². The molecule has 4 heteroatoms. The van der Waals surface area contributed by atoms with Crippen LogP contribution in [0.3, 0.4) is 0 Å². The lowest BCUT2D eigenvalue weighted by Gasteiger charge is -2.10. The van der Waals surface area contributed by atoms with Crippen LogP contribution in [0, 0.1) is 24.2 Å². The highest BCUT2D eigenvalue weighted by atomic mass is 127. The van der Waals surface area contributed by atoms with Crippen LogP contribution in [0.1, 0.15) is 30.0 Å². The molecule has 0 saturated carbocycles. The zero-order chi connectivity index (χ0) is 12.0. The zero-order valence-corrected chi connectivity index (χ0v) is 12.5. The first-order valence-corrected chi connectivity index (χ1v) is 9.10. The Hall–Kier alpha value is -0.590. The van der Waals surface area contributed by atoms with Crippen molar-refractivity contribution in [1.29, 1.82) is 5.41 Å². The highest BCUT2D eigenvalue weighted by Crippen LogP contribution is 2.28. The summed E-state index contributed by atoms with van der Waals surface area (Å²) in [5.74, 6) is 6.19. The third-order valence-electron chi connectivity index (χ3n) is 2.24. The van der Waals surface area contributed by atoms with Gasteiger partial charge in [-0.15, -0.1) is 0 Å². The Bertz CT molecular complexity index is 446. The van der Waals surface area contributed by atoms with E-state index in [4.69, 9.17) is 5.41 Å². The maximum Gasteiger partial charge on any atom is 0.0468 e. The number of hydrogen-bond donors (Lipinski definition) is 2. The fourth-order valence-corrected chi connectivity index (χ4v) is 2.58. The molecule has 0 fully saturated rings. The van der Waals surface area contributed by atoms with E-state index in [9.17, 15) is 0 Å². The summed E-state index contributed by atoms with van der Waals surface area (Å²) in [4.78, 5) is 0. The number of nitrogens with one attached hydrogen (secondary N) is 2. The number of halogens is 1. The molecule has 0 amide bonds. The average Bonchev–Trinajstić information content (AvgIpc) is 2.29. The molecule has 0 aliphatic heterocycles. The van der Waals surface area contributed by atoms with Crippen molar-refractivity contribution in [3.63, 3.8) is 0 Å². The summed E-state index contributed by atoms with van der Waals surface area (Å²) in [5, 5.41) is 10.7. The highest BCUT2D eigenvalue weighted by Gasteiger charge is 2.06. The maximum atomic E-state index is 7.46. The van der Waals surface area contributed by atoms with Gasteiger partial charge in [0.1, 0.15) is 0 Å². The number of hydrogen-bond acceptors (Lipinski definition) is 2. The zero-order valence-electron chi connectivity index (χ0n) is 9.32. The van der Waals surface area contributed by atoms with Crippen molar-refractivity contribution in [2.24, 2.45) is 0 Å². The molecule has 1 atom stereocenters. The topological polar surface area (TPSA) is 35.9 Å². The van der Waals surface area contributed by atoms with Crippen LogP contribution in [-0.4, -0.2) is 6.21 Å². The Morgan fingerprint density at radius 3 is 2.88 bits per heavy atom. The largest absolute Gasteiger partial charge is 0.358 e. The van der Waals surface area contributed by atoms with Gasteiger partial charge in [0.25, 0.3) is 0 Å². The van der Waals surface area contributed by atoms with Crippen LogP contribution < -0.4 is 5.09 Å². The molecule has 0 saturated heterocycles. The molecular weight excluding hydrogens is 330 g/mol. The van der Waals surface area contributed by atoms with Crippen molar-refractivity contribution >= 4 is 40.3 Å². The second-order valence-corrected chi connectivity index (χ2v) is 5.28. The standard InChI is InChI=1S/C12H14IN2P/c1-3-4-5-10-6-7-12(15-16-13)11(8-14)9(10)2/h6-8,14-16H,3H2,1-2H3. The predicted molar refractivity (Wildman–Crippen MR) is 82.2 cm³/mol. The van der Waals surface area contributed by atoms with Gasteiger partial charge < -0.3 is 10.5 Å². The quantitative estimate of drug-likeness (QED) is 0.368. The lowest BCUT2D eigenvalue weighted by molar-refractivity contribution is 1.28. The van der Waals surface area contributed by atoms with Gasteiger partial charge >= 0.3 is 0 Å². The molecular formula is C12H14IN2P. The van der Waals surface area contributed by atoms with E-state index in [0.717, 1.165) is 28.8 Å². The summed E-state index contributed by atoms with van der Waals surface area (Å²) in [7, 11) is 0. The minimum Gasteiger partial charge on any atom is -0.358 e. The summed E-state index contributed by atoms with van der Waals surface area (Å²) in [6, 6.07) is 4.02. The van der Waals surface area contributed by atoms with E-state index in [-0.39, 0.29) is 0 Å². The Morgan fingerprint density at radius 2 is 2.31 bits per heavy atom. The summed E-state index contributed by atoms with van der Waals surface area (Å²) in [6.45, 7) is 4.05. The monoisotopic (exact) mass is 344 g/mol. The summed E-state index contributed by atoms with van der Waals surface area (Å²) >= 11 is 2.28. The van der Waals surface area contributed by atoms with Crippen LogP contribution in [0.15, 0.2) is 12.1 Å². The highest BCUT2D eigenvalue weighted by molar-refractivity contribution is 14.2. The second kappa shape index (κ2) is 6.88. The van der Waals surface area contributed by atoms with Gasteiger partial charge in [0, 0.05) is 35.8 Å². The van der Waals surface area contributed by atoms with Crippen LogP contribution in [0.5, 0.6) is 0 Å². The Morgan fingerprint density at radius 1 is 1.56 bits per heavy atom. The third-order valence-corrected chi connectivity index (χ3v) is 3.41. The lowest BCUT2D eigenvalue weighted by Crippen LogP contribution is -1.96. The first kappa shape index (κ1) is 13.5. The molecule has 1 unspecified atom stereocenters. The molecule has 1 aromatic carbocycles. The van der Waals surface area contributed by atoms with Crippen LogP contribution in [0.25, 0.3) is 0 Å². The van der Waals surface area contributed by atoms with Crippen molar-refractivity contribution in [2.75, 3.05) is 5.09 Å². The molecule has 1 rings (SSSR count). The van der Waals surface area contributed by atoms with Crippen LogP contribution in [0.4, 0.5) is 5.69 Å². The molecule has 0 heterocycles. The van der Waals surface area contributed by atoms with E-state index < -0.39 is 0 Å². The molecule has 2 nitrogen and oxygen atoms in total. The Labute approximate surface area is 111 Å². The van der Waals surface area contributed by atoms with Gasteiger partial charge in [0.15, 0.2) is 0 Å². The summed E-state index contributed by atoms with van der Waals surface area (Å²) in [6.07, 6.45) is 2.86. The molecule has 0 aromatic heterocycles. The van der Waals surface area contributed by atoms with Crippen molar-refractivity contribution in [1.82, 2.24) is 0 Å². The number of rotatable bonds is 3. The maximum absolute atomic E-state index is 7.46. The Kier molecular flexibility index (Phi) is 5.79. The SMILES string of the molecule is CCC#Cc1ccc(NPI)c(C=N)c1C. The third kappa shape index (κ3) is 3.20. The summed E-state index contributed by atoms with van der Waals surface area (Å²) < 4.78 is 0. The van der Waals surface area contributed by atoms with Crippen LogP contribution in [-0.2, 0) is 0 Å². The van der Waals surface area contributed by atoms with Crippen molar-refractivity contribution in [2.45, 2.75) is 20.3 Å². The van der Waals surface area contributed by atoms with Gasteiger partial charge in [0.2, 0.25) is 0 Å². The van der Waals surface area contributed by atoms with Crippen molar-refractivity contribution < 1.29 is 0 Å². The van der Waals surface area contributed by atoms with Gasteiger partial charge in [-0.3, -0.25) is 0 Å². The van der Waals surface area contributed by atoms with E-state index in [1.807, 2.05) is 26.0 Å². The van der Waals surface area contributed by atoms with Gasteiger partial charge in [-0.2, -0.15) is 0 Å². The fraction of sp³-hybridized carbons (Fsp3) is 0.250. The Balaban J connectivity index is 3.22. The van der Waals surface area contributed by atoms with Crippen LogP contribution in [0.2, 0.25) is 0 Å². The van der Waals surface area contributed by atoms with E-state index in [2.05, 4.69) is 39.0 Å². The number of anilines is 1. The molecule has 2 N–H and O–H groups in total. The smallest absolute Gasteiger partial charge is 0.0468 e. The molecule has 16 heavy (non-hydrogen) atoms. The minimum absolute atomic E-state index is 0.609. The first-order chi connectivity index (χ1) is 7.74. The van der Waals surface area contributed by atoms with Gasteiger partial charge in [-0.25, -0.2) is 0 Å². The molecule has 0 spiro atoms. The van der Waals surface area contributed by atoms with E-state index in [1.54, 1.807) is 0 Å². The first-order valence-electron chi connectivity index (χ1n) is 4.99.